The molecule has 2 aromatic carbocycles. The predicted molar refractivity (Wildman–Crippen MR) is 163 cm³/mol. The SMILES string of the molecule is CCOC(=O)[C@H](CC(C)C)NC(=O)[C@H](Cc1ccccc1)NC(=O)CNC(=O)CNC(=O)[C@@H](N)Cc1ccc(O)cc1.Cl. The Hall–Kier alpha value is -4.16. The molecule has 12 nitrogen and oxygen atoms in total. The third kappa shape index (κ3) is 14.0. The molecule has 0 spiro atoms. The summed E-state index contributed by atoms with van der Waals surface area (Å²) in [6.07, 6.45) is 0.713. The predicted octanol–water partition coefficient (Wildman–Crippen LogP) is 0.738. The number of phenols is 1. The average molecular weight is 620 g/mol. The normalized spacial score (nSPS) is 12.6. The number of hydrogen-bond acceptors (Lipinski definition) is 8. The quantitative estimate of drug-likeness (QED) is 0.148. The van der Waals surface area contributed by atoms with Crippen LogP contribution in [0.3, 0.4) is 0 Å². The van der Waals surface area contributed by atoms with E-state index in [1.165, 1.54) is 12.1 Å². The van der Waals surface area contributed by atoms with E-state index >= 15 is 0 Å². The summed E-state index contributed by atoms with van der Waals surface area (Å²) in [6.45, 7) is 4.82. The van der Waals surface area contributed by atoms with Crippen LogP contribution in [0, 0.1) is 5.92 Å². The lowest BCUT2D eigenvalue weighted by molar-refractivity contribution is -0.148. The number of rotatable bonds is 16. The number of nitrogens with two attached hydrogens (primary N) is 1. The van der Waals surface area contributed by atoms with E-state index in [2.05, 4.69) is 21.3 Å². The van der Waals surface area contributed by atoms with Crippen LogP contribution in [-0.4, -0.2) is 72.5 Å². The number of carbonyl (C=O) groups excluding carboxylic acids is 5. The van der Waals surface area contributed by atoms with Crippen LogP contribution in [-0.2, 0) is 41.6 Å². The van der Waals surface area contributed by atoms with E-state index in [1.54, 1.807) is 43.3 Å². The zero-order valence-corrected chi connectivity index (χ0v) is 25.4. The molecular formula is C30H42ClN5O7. The van der Waals surface area contributed by atoms with Crippen molar-refractivity contribution in [3.05, 3.63) is 65.7 Å². The minimum absolute atomic E-state index is 0. The largest absolute Gasteiger partial charge is 0.508 e. The molecule has 0 aromatic heterocycles. The van der Waals surface area contributed by atoms with Gasteiger partial charge in [0.05, 0.1) is 25.7 Å². The summed E-state index contributed by atoms with van der Waals surface area (Å²) in [5, 5.41) is 19.5. The monoisotopic (exact) mass is 619 g/mol. The lowest BCUT2D eigenvalue weighted by Gasteiger charge is -2.24. The summed E-state index contributed by atoms with van der Waals surface area (Å²) >= 11 is 0. The van der Waals surface area contributed by atoms with Crippen molar-refractivity contribution >= 4 is 42.0 Å². The molecule has 7 N–H and O–H groups in total. The maximum absolute atomic E-state index is 13.2. The molecule has 2 rings (SSSR count). The molecule has 43 heavy (non-hydrogen) atoms. The maximum atomic E-state index is 13.2. The Balaban J connectivity index is 0.00000924. The van der Waals surface area contributed by atoms with E-state index < -0.39 is 60.8 Å². The van der Waals surface area contributed by atoms with Gasteiger partial charge < -0.3 is 36.8 Å². The summed E-state index contributed by atoms with van der Waals surface area (Å²) in [4.78, 5) is 62.9. The first kappa shape index (κ1) is 36.9. The van der Waals surface area contributed by atoms with Crippen molar-refractivity contribution in [1.29, 1.82) is 0 Å². The highest BCUT2D eigenvalue weighted by Crippen LogP contribution is 2.11. The summed E-state index contributed by atoms with van der Waals surface area (Å²) in [6, 6.07) is 12.5. The number of amides is 4. The van der Waals surface area contributed by atoms with Gasteiger partial charge in [-0.25, -0.2) is 4.79 Å². The molecule has 0 saturated heterocycles. The number of halogens is 1. The zero-order chi connectivity index (χ0) is 31.1. The zero-order valence-electron chi connectivity index (χ0n) is 24.6. The maximum Gasteiger partial charge on any atom is 0.328 e. The van der Waals surface area contributed by atoms with Crippen LogP contribution in [0.25, 0.3) is 0 Å². The lowest BCUT2D eigenvalue weighted by atomic mass is 10.0. The van der Waals surface area contributed by atoms with Crippen LogP contribution in [0.1, 0.15) is 38.3 Å². The van der Waals surface area contributed by atoms with Crippen molar-refractivity contribution in [2.24, 2.45) is 11.7 Å². The summed E-state index contributed by atoms with van der Waals surface area (Å²) < 4.78 is 5.10. The van der Waals surface area contributed by atoms with Gasteiger partial charge in [0.1, 0.15) is 17.8 Å². The van der Waals surface area contributed by atoms with Crippen LogP contribution in [0.4, 0.5) is 0 Å². The third-order valence-electron chi connectivity index (χ3n) is 6.13. The van der Waals surface area contributed by atoms with Gasteiger partial charge in [0.2, 0.25) is 23.6 Å². The highest BCUT2D eigenvalue weighted by molar-refractivity contribution is 5.93. The highest BCUT2D eigenvalue weighted by atomic mass is 35.5. The van der Waals surface area contributed by atoms with Gasteiger partial charge in [-0.2, -0.15) is 0 Å². The number of benzene rings is 2. The van der Waals surface area contributed by atoms with E-state index in [0.29, 0.717) is 6.42 Å². The Labute approximate surface area is 257 Å². The fraction of sp³-hybridized carbons (Fsp3) is 0.433. The van der Waals surface area contributed by atoms with E-state index in [1.807, 2.05) is 19.9 Å². The minimum Gasteiger partial charge on any atom is -0.508 e. The Kier molecular flexibility index (Phi) is 16.4. The Morgan fingerprint density at radius 1 is 0.791 bits per heavy atom. The van der Waals surface area contributed by atoms with E-state index in [9.17, 15) is 29.1 Å². The molecule has 4 amide bonds. The molecule has 0 bridgehead atoms. The van der Waals surface area contributed by atoms with Crippen LogP contribution in [0.2, 0.25) is 0 Å². The second-order valence-corrected chi connectivity index (χ2v) is 10.2. The number of ether oxygens (including phenoxy) is 1. The lowest BCUT2D eigenvalue weighted by Crippen LogP contribution is -2.54. The van der Waals surface area contributed by atoms with Gasteiger partial charge in [-0.15, -0.1) is 12.4 Å². The highest BCUT2D eigenvalue weighted by Gasteiger charge is 2.28. The first-order valence-electron chi connectivity index (χ1n) is 13.9. The molecule has 2 aromatic rings. The molecule has 0 aliphatic rings. The molecule has 236 valence electrons. The molecule has 0 radical (unpaired) electrons. The summed E-state index contributed by atoms with van der Waals surface area (Å²) in [5.74, 6) is -2.74. The number of hydrogen-bond donors (Lipinski definition) is 6. The Bertz CT molecular complexity index is 1200. The summed E-state index contributed by atoms with van der Waals surface area (Å²) in [7, 11) is 0. The molecule has 0 heterocycles. The molecule has 13 heteroatoms. The smallest absolute Gasteiger partial charge is 0.328 e. The van der Waals surface area contributed by atoms with Crippen molar-refractivity contribution in [3.63, 3.8) is 0 Å². The minimum atomic E-state index is -1.03. The van der Waals surface area contributed by atoms with Crippen molar-refractivity contribution in [1.82, 2.24) is 21.3 Å². The van der Waals surface area contributed by atoms with Crippen LogP contribution in [0.15, 0.2) is 54.6 Å². The van der Waals surface area contributed by atoms with Crippen molar-refractivity contribution in [2.45, 2.75) is 58.2 Å². The van der Waals surface area contributed by atoms with E-state index in [4.69, 9.17) is 10.5 Å². The van der Waals surface area contributed by atoms with Crippen molar-refractivity contribution < 1.29 is 33.8 Å². The molecule has 0 aliphatic heterocycles. The number of nitrogens with one attached hydrogen (secondary N) is 4. The second-order valence-electron chi connectivity index (χ2n) is 10.2. The third-order valence-corrected chi connectivity index (χ3v) is 6.13. The molecule has 0 aliphatic carbocycles. The van der Waals surface area contributed by atoms with Gasteiger partial charge in [-0.05, 0) is 48.9 Å². The van der Waals surface area contributed by atoms with Crippen molar-refractivity contribution in [2.75, 3.05) is 19.7 Å². The van der Waals surface area contributed by atoms with Gasteiger partial charge in [0.25, 0.3) is 0 Å². The molecule has 3 atom stereocenters. The van der Waals surface area contributed by atoms with Gasteiger partial charge in [-0.3, -0.25) is 19.2 Å². The Morgan fingerprint density at radius 2 is 1.40 bits per heavy atom. The van der Waals surface area contributed by atoms with Gasteiger partial charge in [0.15, 0.2) is 0 Å². The standard InChI is InChI=1S/C30H41N5O7.ClH/c1-4-42-30(41)25(14-19(2)3)35-29(40)24(16-20-8-6-5-7-9-20)34-27(38)18-32-26(37)17-33-28(39)23(31)15-21-10-12-22(36)13-11-21;/h5-13,19,23-25,36H,4,14-18,31H2,1-3H3,(H,32,37)(H,33,39)(H,34,38)(H,35,40);1H/t23-,24-,25-;/m0./s1. The van der Waals surface area contributed by atoms with E-state index in [0.717, 1.165) is 11.1 Å². The van der Waals surface area contributed by atoms with Crippen LogP contribution in [0.5, 0.6) is 5.75 Å². The molecule has 0 fully saturated rings. The number of esters is 1. The van der Waals surface area contributed by atoms with Gasteiger partial charge in [-0.1, -0.05) is 56.3 Å². The number of aromatic hydroxyl groups is 1. The molecular weight excluding hydrogens is 578 g/mol. The van der Waals surface area contributed by atoms with Crippen LogP contribution < -0.4 is 27.0 Å². The Morgan fingerprint density at radius 3 is 2.00 bits per heavy atom. The average Bonchev–Trinajstić information content (AvgIpc) is 2.95. The first-order chi connectivity index (χ1) is 20.0. The fourth-order valence-corrected chi connectivity index (χ4v) is 4.02. The van der Waals surface area contributed by atoms with Crippen molar-refractivity contribution in [3.8, 4) is 5.75 Å². The van der Waals surface area contributed by atoms with Gasteiger partial charge >= 0.3 is 5.97 Å². The molecule has 0 saturated carbocycles. The first-order valence-corrected chi connectivity index (χ1v) is 13.9. The second kappa shape index (κ2) is 19.1. The summed E-state index contributed by atoms with van der Waals surface area (Å²) in [5.41, 5.74) is 7.42. The molecule has 0 unspecified atom stereocenters. The van der Waals surface area contributed by atoms with Gasteiger partial charge in [0, 0.05) is 6.42 Å². The fourth-order valence-electron chi connectivity index (χ4n) is 4.02. The van der Waals surface area contributed by atoms with E-state index in [-0.39, 0.29) is 43.5 Å². The topological polar surface area (TPSA) is 189 Å². The van der Waals surface area contributed by atoms with Crippen LogP contribution >= 0.6 is 12.4 Å². The number of carbonyl (C=O) groups is 5. The number of phenolic OH excluding ortho intramolecular Hbond substituents is 1.